The summed E-state index contributed by atoms with van der Waals surface area (Å²) >= 11 is 0. The van der Waals surface area contributed by atoms with Crippen molar-refractivity contribution in [1.82, 2.24) is 9.66 Å². The number of benzene rings is 2. The van der Waals surface area contributed by atoms with E-state index in [-0.39, 0.29) is 11.7 Å². The number of aromatic nitrogens is 2. The highest BCUT2D eigenvalue weighted by molar-refractivity contribution is 6.41. The number of hydrogen-bond donors (Lipinski definition) is 3. The number of anilines is 1. The maximum absolute atomic E-state index is 12.3. The first-order valence-electron chi connectivity index (χ1n) is 8.15. The van der Waals surface area contributed by atoms with Gasteiger partial charge in [0.1, 0.15) is 5.75 Å². The van der Waals surface area contributed by atoms with Crippen molar-refractivity contribution in [3.63, 3.8) is 0 Å². The average molecular weight is 379 g/mol. The van der Waals surface area contributed by atoms with Crippen molar-refractivity contribution in [3.8, 4) is 5.75 Å². The third-order valence-electron chi connectivity index (χ3n) is 3.85. The maximum atomic E-state index is 12.3. The van der Waals surface area contributed by atoms with E-state index in [1.807, 2.05) is 0 Å². The van der Waals surface area contributed by atoms with Crippen LogP contribution in [0, 0.1) is 0 Å². The minimum atomic E-state index is -1.26. The zero-order valence-electron chi connectivity index (χ0n) is 14.9. The number of aliphatic carboxylic acids is 1. The second-order valence-corrected chi connectivity index (χ2v) is 5.65. The van der Waals surface area contributed by atoms with Crippen molar-refractivity contribution >= 4 is 34.6 Å². The van der Waals surface area contributed by atoms with E-state index in [1.54, 1.807) is 61.7 Å². The summed E-state index contributed by atoms with van der Waals surface area (Å²) in [6.07, 6.45) is 2.90. The standard InChI is InChI=1S/C19H17N5O4/c1-28-13-9-6-12(7-10-13)8-11-16(18(26)27)22-23-19-21-15-5-3-2-4-14(15)17(25)24(19)20/h2-11H,20H2,1H3,(H,21,23)(H,26,27)/b11-8+,22-16-. The molecule has 0 saturated carbocycles. The molecular weight excluding hydrogens is 362 g/mol. The van der Waals surface area contributed by atoms with Gasteiger partial charge in [0, 0.05) is 0 Å². The zero-order chi connectivity index (χ0) is 20.1. The van der Waals surface area contributed by atoms with Gasteiger partial charge in [-0.25, -0.2) is 15.2 Å². The molecule has 3 aromatic rings. The third-order valence-corrected chi connectivity index (χ3v) is 3.85. The Morgan fingerprint density at radius 2 is 1.96 bits per heavy atom. The molecule has 3 rings (SSSR count). The number of nitrogens with zero attached hydrogens (tertiary/aromatic N) is 3. The van der Waals surface area contributed by atoms with Crippen molar-refractivity contribution in [2.75, 3.05) is 18.4 Å². The molecule has 0 bridgehead atoms. The topological polar surface area (TPSA) is 132 Å². The van der Waals surface area contributed by atoms with Crippen LogP contribution < -0.4 is 21.6 Å². The van der Waals surface area contributed by atoms with Gasteiger partial charge in [0.15, 0.2) is 5.71 Å². The minimum Gasteiger partial charge on any atom is -0.497 e. The third kappa shape index (κ3) is 3.98. The van der Waals surface area contributed by atoms with Crippen LogP contribution in [0.4, 0.5) is 5.95 Å². The van der Waals surface area contributed by atoms with Crippen LogP contribution in [-0.2, 0) is 4.79 Å². The van der Waals surface area contributed by atoms with Gasteiger partial charge >= 0.3 is 5.97 Å². The molecule has 0 radical (unpaired) electrons. The smallest absolute Gasteiger partial charge is 0.356 e. The molecule has 0 aliphatic carbocycles. The highest BCUT2D eigenvalue weighted by Gasteiger charge is 2.10. The average Bonchev–Trinajstić information content (AvgIpc) is 2.71. The van der Waals surface area contributed by atoms with Crippen molar-refractivity contribution in [1.29, 1.82) is 0 Å². The van der Waals surface area contributed by atoms with Crippen LogP contribution in [0.15, 0.2) is 64.5 Å². The van der Waals surface area contributed by atoms with Crippen molar-refractivity contribution in [3.05, 3.63) is 70.5 Å². The van der Waals surface area contributed by atoms with Gasteiger partial charge in [-0.1, -0.05) is 30.3 Å². The lowest BCUT2D eigenvalue weighted by Gasteiger charge is -2.07. The summed E-state index contributed by atoms with van der Waals surface area (Å²) in [6.45, 7) is 0. The van der Waals surface area contributed by atoms with Gasteiger partial charge in [0.25, 0.3) is 5.56 Å². The van der Waals surface area contributed by atoms with Gasteiger partial charge in [-0.05, 0) is 35.9 Å². The van der Waals surface area contributed by atoms with Gasteiger partial charge in [-0.15, -0.1) is 0 Å². The summed E-state index contributed by atoms with van der Waals surface area (Å²) in [4.78, 5) is 27.9. The number of nitrogen functional groups attached to an aromatic ring is 1. The second kappa shape index (κ2) is 8.04. The first kappa shape index (κ1) is 18.6. The Hall–Kier alpha value is -4.14. The van der Waals surface area contributed by atoms with Crippen molar-refractivity contribution in [2.24, 2.45) is 5.10 Å². The molecule has 0 atom stereocenters. The summed E-state index contributed by atoms with van der Waals surface area (Å²) in [5.41, 5.74) is 2.85. The lowest BCUT2D eigenvalue weighted by Crippen LogP contribution is -2.30. The normalized spacial score (nSPS) is 11.7. The second-order valence-electron chi connectivity index (χ2n) is 5.65. The summed E-state index contributed by atoms with van der Waals surface area (Å²) in [7, 11) is 1.56. The van der Waals surface area contributed by atoms with Gasteiger partial charge in [0.05, 0.1) is 18.0 Å². The summed E-state index contributed by atoms with van der Waals surface area (Å²) < 4.78 is 5.85. The minimum absolute atomic E-state index is 0.0831. The number of nitrogens with two attached hydrogens (primary N) is 1. The lowest BCUT2D eigenvalue weighted by atomic mass is 10.2. The SMILES string of the molecule is COc1ccc(/C=C/C(=N/Nc2nc3ccccc3c(=O)n2N)C(=O)O)cc1. The number of ether oxygens (including phenoxy) is 1. The van der Waals surface area contributed by atoms with Gasteiger partial charge in [0.2, 0.25) is 5.95 Å². The summed E-state index contributed by atoms with van der Waals surface area (Å²) in [5.74, 6) is 5.08. The fourth-order valence-electron chi connectivity index (χ4n) is 2.38. The maximum Gasteiger partial charge on any atom is 0.356 e. The number of carbonyl (C=O) groups is 1. The number of carboxylic acid groups (broad SMARTS) is 1. The summed E-state index contributed by atoms with van der Waals surface area (Å²) in [5, 5.41) is 13.5. The monoisotopic (exact) mass is 379 g/mol. The molecule has 0 aliphatic heterocycles. The first-order chi connectivity index (χ1) is 13.5. The Labute approximate surface area is 159 Å². The molecule has 0 amide bonds. The zero-order valence-corrected chi connectivity index (χ0v) is 14.9. The quantitative estimate of drug-likeness (QED) is 0.337. The van der Waals surface area contributed by atoms with Crippen LogP contribution in [0.2, 0.25) is 0 Å². The lowest BCUT2D eigenvalue weighted by molar-refractivity contribution is -0.129. The Morgan fingerprint density at radius 3 is 2.64 bits per heavy atom. The number of para-hydroxylation sites is 1. The van der Waals surface area contributed by atoms with E-state index in [4.69, 9.17) is 10.6 Å². The number of carboxylic acids is 1. The van der Waals surface area contributed by atoms with Gasteiger partial charge < -0.3 is 15.7 Å². The number of nitrogens with one attached hydrogen (secondary N) is 1. The Kier molecular flexibility index (Phi) is 5.35. The fourth-order valence-corrected chi connectivity index (χ4v) is 2.38. The number of rotatable bonds is 6. The Morgan fingerprint density at radius 1 is 1.25 bits per heavy atom. The highest BCUT2D eigenvalue weighted by atomic mass is 16.5. The molecule has 1 heterocycles. The molecule has 0 unspecified atom stereocenters. The molecule has 1 aromatic heterocycles. The molecule has 28 heavy (non-hydrogen) atoms. The number of hydrazone groups is 1. The summed E-state index contributed by atoms with van der Waals surface area (Å²) in [6, 6.07) is 13.7. The van der Waals surface area contributed by atoms with Crippen molar-refractivity contribution < 1.29 is 14.6 Å². The van der Waals surface area contributed by atoms with E-state index in [1.165, 1.54) is 6.08 Å². The van der Waals surface area contributed by atoms with E-state index in [2.05, 4.69) is 15.5 Å². The van der Waals surface area contributed by atoms with Crippen LogP contribution in [0.25, 0.3) is 17.0 Å². The fraction of sp³-hybridized carbons (Fsp3) is 0.0526. The molecular formula is C19H17N5O4. The number of methoxy groups -OCH3 is 1. The van der Waals surface area contributed by atoms with Crippen LogP contribution in [0.1, 0.15) is 5.56 Å². The van der Waals surface area contributed by atoms with Gasteiger partial charge in [-0.2, -0.15) is 9.78 Å². The van der Waals surface area contributed by atoms with Gasteiger partial charge in [-0.3, -0.25) is 4.79 Å². The van der Waals surface area contributed by atoms with E-state index in [9.17, 15) is 14.7 Å². The predicted molar refractivity (Wildman–Crippen MR) is 107 cm³/mol. The molecule has 0 aliphatic rings. The molecule has 0 spiro atoms. The molecule has 4 N–H and O–H groups in total. The Balaban J connectivity index is 1.88. The predicted octanol–water partition coefficient (Wildman–Crippen LogP) is 1.68. The first-order valence-corrected chi connectivity index (χ1v) is 8.15. The van der Waals surface area contributed by atoms with Crippen LogP contribution >= 0.6 is 0 Å². The van der Waals surface area contributed by atoms with E-state index in [0.29, 0.717) is 16.7 Å². The van der Waals surface area contributed by atoms with E-state index in [0.717, 1.165) is 10.2 Å². The number of fused-ring (bicyclic) bond motifs is 1. The van der Waals surface area contributed by atoms with Crippen LogP contribution in [0.3, 0.4) is 0 Å². The molecule has 142 valence electrons. The number of hydrogen-bond acceptors (Lipinski definition) is 7. The molecule has 0 fully saturated rings. The van der Waals surface area contributed by atoms with Crippen LogP contribution in [0.5, 0.6) is 5.75 Å². The molecule has 9 nitrogen and oxygen atoms in total. The van der Waals surface area contributed by atoms with Crippen LogP contribution in [-0.4, -0.2) is 33.6 Å². The van der Waals surface area contributed by atoms with Crippen molar-refractivity contribution in [2.45, 2.75) is 0 Å². The highest BCUT2D eigenvalue weighted by Crippen LogP contribution is 2.13. The molecule has 9 heteroatoms. The Bertz CT molecular complexity index is 1130. The van der Waals surface area contributed by atoms with E-state index >= 15 is 0 Å². The molecule has 0 saturated heterocycles. The molecule has 2 aromatic carbocycles. The largest absolute Gasteiger partial charge is 0.497 e. The van der Waals surface area contributed by atoms with E-state index < -0.39 is 11.5 Å².